The molecule has 2 aromatic carbocycles. The zero-order chi connectivity index (χ0) is 21.6. The lowest BCUT2D eigenvalue weighted by Crippen LogP contribution is -2.05. The Morgan fingerprint density at radius 1 is 1.03 bits per heavy atom. The molecule has 0 bridgehead atoms. The molecule has 0 saturated heterocycles. The molecule has 154 valence electrons. The van der Waals surface area contributed by atoms with Crippen molar-refractivity contribution in [2.24, 2.45) is 10.2 Å². The summed E-state index contributed by atoms with van der Waals surface area (Å²) in [5.74, 6) is 0.644. The Balaban J connectivity index is 2.35. The zero-order valence-corrected chi connectivity index (χ0v) is 17.1. The number of rotatable bonds is 8. The van der Waals surface area contributed by atoms with Crippen LogP contribution in [0.15, 0.2) is 46.6 Å². The fourth-order valence-electron chi connectivity index (χ4n) is 2.52. The highest BCUT2D eigenvalue weighted by molar-refractivity contribution is 5.87. The molecule has 0 aliphatic rings. The number of carbonyl (C=O) groups is 1. The van der Waals surface area contributed by atoms with Crippen LogP contribution in [0.4, 0.5) is 11.4 Å². The molecular weight excluding hydrogens is 376 g/mol. The van der Waals surface area contributed by atoms with Crippen molar-refractivity contribution in [3.63, 3.8) is 0 Å². The van der Waals surface area contributed by atoms with Crippen LogP contribution in [0.5, 0.6) is 23.0 Å². The molecule has 0 heterocycles. The van der Waals surface area contributed by atoms with E-state index in [0.29, 0.717) is 28.5 Å². The summed E-state index contributed by atoms with van der Waals surface area (Å²) >= 11 is 0. The number of nitrogens with zero attached hydrogens (tertiary/aromatic N) is 2. The average molecular weight is 400 g/mol. The third-order valence-corrected chi connectivity index (χ3v) is 3.94. The highest BCUT2D eigenvalue weighted by Gasteiger charge is 2.14. The van der Waals surface area contributed by atoms with E-state index >= 15 is 0 Å². The Morgan fingerprint density at radius 3 is 2.17 bits per heavy atom. The van der Waals surface area contributed by atoms with Crippen molar-refractivity contribution >= 4 is 17.3 Å². The SMILES string of the molecule is C=C(C)C(=O)OCc1cc(C)cc(/N=N/c2cc(OC)c(OC)c(OC)c2)c1O. The number of aromatic hydroxyl groups is 1. The van der Waals surface area contributed by atoms with E-state index in [1.807, 2.05) is 6.92 Å². The number of hydrogen-bond acceptors (Lipinski definition) is 8. The molecular formula is C21H24N2O6. The van der Waals surface area contributed by atoms with Crippen molar-refractivity contribution in [3.8, 4) is 23.0 Å². The van der Waals surface area contributed by atoms with Gasteiger partial charge >= 0.3 is 5.97 Å². The van der Waals surface area contributed by atoms with Gasteiger partial charge < -0.3 is 24.1 Å². The largest absolute Gasteiger partial charge is 0.505 e. The van der Waals surface area contributed by atoms with Crippen LogP contribution in [0.2, 0.25) is 0 Å². The molecule has 2 aromatic rings. The van der Waals surface area contributed by atoms with Crippen molar-refractivity contribution in [1.82, 2.24) is 0 Å². The number of benzene rings is 2. The van der Waals surface area contributed by atoms with Crippen LogP contribution in [-0.4, -0.2) is 32.4 Å². The fraction of sp³-hybridized carbons (Fsp3) is 0.286. The monoisotopic (exact) mass is 400 g/mol. The minimum atomic E-state index is -0.536. The summed E-state index contributed by atoms with van der Waals surface area (Å²) in [6.45, 7) is 6.81. The van der Waals surface area contributed by atoms with Crippen LogP contribution in [0.3, 0.4) is 0 Å². The normalized spacial score (nSPS) is 10.7. The van der Waals surface area contributed by atoms with Crippen LogP contribution < -0.4 is 14.2 Å². The highest BCUT2D eigenvalue weighted by atomic mass is 16.5. The van der Waals surface area contributed by atoms with Gasteiger partial charge in [0.2, 0.25) is 5.75 Å². The third-order valence-electron chi connectivity index (χ3n) is 3.94. The standard InChI is InChI=1S/C21H24N2O6/c1-12(2)21(25)29-11-14-7-13(3)8-16(19(14)24)23-22-15-9-17(26-4)20(28-6)18(10-15)27-5/h7-10,24H,1,11H2,2-6H3/b23-22+. The van der Waals surface area contributed by atoms with E-state index in [9.17, 15) is 9.90 Å². The number of carbonyl (C=O) groups excluding carboxylic acids is 1. The predicted octanol–water partition coefficient (Wildman–Crippen LogP) is 4.76. The van der Waals surface area contributed by atoms with Gasteiger partial charge in [0.15, 0.2) is 11.5 Å². The number of aryl methyl sites for hydroxylation is 1. The van der Waals surface area contributed by atoms with Gasteiger partial charge in [-0.1, -0.05) is 6.58 Å². The summed E-state index contributed by atoms with van der Waals surface area (Å²) in [6, 6.07) is 6.64. The molecule has 0 aromatic heterocycles. The quantitative estimate of drug-likeness (QED) is 0.390. The first kappa shape index (κ1) is 21.7. The molecule has 0 unspecified atom stereocenters. The number of phenols is 1. The van der Waals surface area contributed by atoms with Crippen LogP contribution >= 0.6 is 0 Å². The first-order valence-corrected chi connectivity index (χ1v) is 8.67. The lowest BCUT2D eigenvalue weighted by molar-refractivity contribution is -0.140. The first-order chi connectivity index (χ1) is 13.8. The van der Waals surface area contributed by atoms with Gasteiger partial charge in [0.1, 0.15) is 18.0 Å². The zero-order valence-electron chi connectivity index (χ0n) is 17.1. The van der Waals surface area contributed by atoms with Crippen LogP contribution in [-0.2, 0) is 16.1 Å². The molecule has 0 atom stereocenters. The Kier molecular flexibility index (Phi) is 7.19. The molecule has 29 heavy (non-hydrogen) atoms. The van der Waals surface area contributed by atoms with Crippen molar-refractivity contribution < 1.29 is 28.8 Å². The number of esters is 1. The minimum Gasteiger partial charge on any atom is -0.505 e. The molecule has 8 heteroatoms. The van der Waals surface area contributed by atoms with Crippen molar-refractivity contribution in [1.29, 1.82) is 0 Å². The van der Waals surface area contributed by atoms with E-state index in [2.05, 4.69) is 16.8 Å². The summed E-state index contributed by atoms with van der Waals surface area (Å²) in [5, 5.41) is 18.8. The van der Waals surface area contributed by atoms with Gasteiger partial charge in [-0.3, -0.25) is 0 Å². The number of ether oxygens (including phenoxy) is 4. The van der Waals surface area contributed by atoms with Gasteiger partial charge in [0.25, 0.3) is 0 Å². The van der Waals surface area contributed by atoms with E-state index in [1.165, 1.54) is 21.3 Å². The number of methoxy groups -OCH3 is 3. The molecule has 0 spiro atoms. The van der Waals surface area contributed by atoms with Crippen LogP contribution in [0, 0.1) is 6.92 Å². The second kappa shape index (κ2) is 9.59. The number of azo groups is 1. The summed E-state index contributed by atoms with van der Waals surface area (Å²) in [6.07, 6.45) is 0. The predicted molar refractivity (Wildman–Crippen MR) is 108 cm³/mol. The molecule has 0 saturated carbocycles. The molecule has 0 amide bonds. The highest BCUT2D eigenvalue weighted by Crippen LogP contribution is 2.41. The minimum absolute atomic E-state index is 0.105. The summed E-state index contributed by atoms with van der Waals surface area (Å²) in [4.78, 5) is 11.6. The lowest BCUT2D eigenvalue weighted by Gasteiger charge is -2.12. The first-order valence-electron chi connectivity index (χ1n) is 8.67. The van der Waals surface area contributed by atoms with Crippen molar-refractivity contribution in [2.75, 3.05) is 21.3 Å². The maximum Gasteiger partial charge on any atom is 0.333 e. The topological polar surface area (TPSA) is 98.9 Å². The summed E-state index contributed by atoms with van der Waals surface area (Å²) in [7, 11) is 4.51. The van der Waals surface area contributed by atoms with Gasteiger partial charge in [0, 0.05) is 23.3 Å². The Morgan fingerprint density at radius 2 is 1.66 bits per heavy atom. The molecule has 0 radical (unpaired) electrons. The summed E-state index contributed by atoms with van der Waals surface area (Å²) in [5.41, 5.74) is 2.19. The molecule has 2 rings (SSSR count). The van der Waals surface area contributed by atoms with E-state index in [1.54, 1.807) is 31.2 Å². The third kappa shape index (κ3) is 5.25. The van der Waals surface area contributed by atoms with Crippen LogP contribution in [0.25, 0.3) is 0 Å². The maximum atomic E-state index is 11.6. The Hall–Kier alpha value is -3.55. The maximum absolute atomic E-state index is 11.6. The lowest BCUT2D eigenvalue weighted by atomic mass is 10.1. The molecule has 0 fully saturated rings. The van der Waals surface area contributed by atoms with Gasteiger partial charge in [-0.2, -0.15) is 5.11 Å². The van der Waals surface area contributed by atoms with Crippen LogP contribution in [0.1, 0.15) is 18.1 Å². The van der Waals surface area contributed by atoms with Crippen molar-refractivity contribution in [3.05, 3.63) is 47.5 Å². The molecule has 8 nitrogen and oxygen atoms in total. The second-order valence-electron chi connectivity index (χ2n) is 6.23. The van der Waals surface area contributed by atoms with E-state index in [4.69, 9.17) is 18.9 Å². The molecule has 0 aliphatic heterocycles. The van der Waals surface area contributed by atoms with Gasteiger partial charge in [0.05, 0.1) is 27.0 Å². The van der Waals surface area contributed by atoms with E-state index < -0.39 is 5.97 Å². The smallest absolute Gasteiger partial charge is 0.333 e. The second-order valence-corrected chi connectivity index (χ2v) is 6.23. The average Bonchev–Trinajstić information content (AvgIpc) is 2.71. The van der Waals surface area contributed by atoms with E-state index in [0.717, 1.165) is 5.56 Å². The van der Waals surface area contributed by atoms with Gasteiger partial charge in [-0.25, -0.2) is 4.79 Å². The molecule has 1 N–H and O–H groups in total. The number of phenolic OH excluding ortho intramolecular Hbond substituents is 1. The number of hydrogen-bond donors (Lipinski definition) is 1. The summed E-state index contributed by atoms with van der Waals surface area (Å²) < 4.78 is 21.0. The van der Waals surface area contributed by atoms with Gasteiger partial charge in [-0.15, -0.1) is 5.11 Å². The fourth-order valence-corrected chi connectivity index (χ4v) is 2.52. The Labute approximate surface area is 169 Å². The Bertz CT molecular complexity index is 927. The van der Waals surface area contributed by atoms with Crippen molar-refractivity contribution in [2.45, 2.75) is 20.5 Å². The van der Waals surface area contributed by atoms with Gasteiger partial charge in [-0.05, 0) is 31.5 Å². The molecule has 0 aliphatic carbocycles. The van der Waals surface area contributed by atoms with E-state index in [-0.39, 0.29) is 23.6 Å².